The van der Waals surface area contributed by atoms with E-state index in [0.717, 1.165) is 16.8 Å². The number of nitriles is 1. The van der Waals surface area contributed by atoms with Crippen LogP contribution in [0.15, 0.2) is 24.3 Å². The van der Waals surface area contributed by atoms with Gasteiger partial charge in [0, 0.05) is 24.9 Å². The van der Waals surface area contributed by atoms with E-state index in [0.29, 0.717) is 29.7 Å². The summed E-state index contributed by atoms with van der Waals surface area (Å²) in [6.07, 6.45) is 1.22. The van der Waals surface area contributed by atoms with Crippen LogP contribution in [-0.4, -0.2) is 28.9 Å². The van der Waals surface area contributed by atoms with Crippen LogP contribution in [0, 0.1) is 11.3 Å². The SMILES string of the molecule is CCOC(=O)c1c(-c2ccc(CCO)cc2)c(C#N)c(CC)n1C. The normalized spacial score (nSPS) is 10.5. The number of carbonyl (C=O) groups is 1. The average molecular weight is 326 g/mol. The fraction of sp³-hybridized carbons (Fsp3) is 0.368. The van der Waals surface area contributed by atoms with Crippen molar-refractivity contribution in [3.63, 3.8) is 0 Å². The maximum Gasteiger partial charge on any atom is 0.355 e. The van der Waals surface area contributed by atoms with E-state index in [1.807, 2.05) is 31.2 Å². The fourth-order valence-corrected chi connectivity index (χ4v) is 2.95. The molecule has 2 aromatic rings. The van der Waals surface area contributed by atoms with Crippen LogP contribution < -0.4 is 0 Å². The Labute approximate surface area is 142 Å². The molecule has 5 heteroatoms. The van der Waals surface area contributed by atoms with Crippen LogP contribution in [0.4, 0.5) is 0 Å². The number of hydrogen-bond donors (Lipinski definition) is 1. The number of aliphatic hydroxyl groups is 1. The Hall–Kier alpha value is -2.58. The molecule has 1 aromatic heterocycles. The number of aliphatic hydroxyl groups excluding tert-OH is 1. The van der Waals surface area contributed by atoms with Crippen LogP contribution in [0.25, 0.3) is 11.1 Å². The molecule has 0 aliphatic heterocycles. The number of ether oxygens (including phenoxy) is 1. The molecular formula is C19H22N2O3. The van der Waals surface area contributed by atoms with Gasteiger partial charge < -0.3 is 14.4 Å². The zero-order valence-corrected chi connectivity index (χ0v) is 14.3. The monoisotopic (exact) mass is 326 g/mol. The van der Waals surface area contributed by atoms with Crippen LogP contribution >= 0.6 is 0 Å². The molecule has 1 heterocycles. The molecule has 0 aliphatic rings. The van der Waals surface area contributed by atoms with Crippen molar-refractivity contribution in [3.8, 4) is 17.2 Å². The average Bonchev–Trinajstić information content (AvgIpc) is 2.87. The second-order valence-corrected chi connectivity index (χ2v) is 5.46. The Morgan fingerprint density at radius 1 is 1.29 bits per heavy atom. The van der Waals surface area contributed by atoms with Crippen molar-refractivity contribution < 1.29 is 14.6 Å². The number of aromatic nitrogens is 1. The Morgan fingerprint density at radius 2 is 1.96 bits per heavy atom. The van der Waals surface area contributed by atoms with E-state index in [2.05, 4.69) is 6.07 Å². The second kappa shape index (κ2) is 7.80. The highest BCUT2D eigenvalue weighted by molar-refractivity contribution is 5.98. The molecule has 0 radical (unpaired) electrons. The zero-order chi connectivity index (χ0) is 17.7. The van der Waals surface area contributed by atoms with E-state index < -0.39 is 5.97 Å². The first-order valence-electron chi connectivity index (χ1n) is 8.07. The number of hydrogen-bond acceptors (Lipinski definition) is 4. The third kappa shape index (κ3) is 3.19. The van der Waals surface area contributed by atoms with Gasteiger partial charge in [0.15, 0.2) is 0 Å². The van der Waals surface area contributed by atoms with Gasteiger partial charge in [0.2, 0.25) is 0 Å². The van der Waals surface area contributed by atoms with Crippen LogP contribution in [-0.2, 0) is 24.6 Å². The van der Waals surface area contributed by atoms with E-state index >= 15 is 0 Å². The molecule has 0 amide bonds. The van der Waals surface area contributed by atoms with Gasteiger partial charge in [-0.1, -0.05) is 31.2 Å². The van der Waals surface area contributed by atoms with Gasteiger partial charge in [0.1, 0.15) is 11.8 Å². The van der Waals surface area contributed by atoms with Crippen molar-refractivity contribution in [1.29, 1.82) is 5.26 Å². The molecule has 0 fully saturated rings. The maximum atomic E-state index is 12.4. The van der Waals surface area contributed by atoms with Crippen LogP contribution in [0.5, 0.6) is 0 Å². The van der Waals surface area contributed by atoms with E-state index in [1.165, 1.54) is 0 Å². The summed E-state index contributed by atoms with van der Waals surface area (Å²) in [7, 11) is 1.79. The van der Waals surface area contributed by atoms with Gasteiger partial charge >= 0.3 is 5.97 Å². The summed E-state index contributed by atoms with van der Waals surface area (Å²) in [6, 6.07) is 9.81. The predicted molar refractivity (Wildman–Crippen MR) is 91.7 cm³/mol. The highest BCUT2D eigenvalue weighted by atomic mass is 16.5. The lowest BCUT2D eigenvalue weighted by molar-refractivity contribution is 0.0516. The third-order valence-corrected chi connectivity index (χ3v) is 4.07. The lowest BCUT2D eigenvalue weighted by Crippen LogP contribution is -2.12. The van der Waals surface area contributed by atoms with E-state index in [-0.39, 0.29) is 13.2 Å². The molecule has 0 spiro atoms. The maximum absolute atomic E-state index is 12.4. The number of rotatable bonds is 6. The molecule has 126 valence electrons. The van der Waals surface area contributed by atoms with Gasteiger partial charge in [-0.15, -0.1) is 0 Å². The molecule has 0 aliphatic carbocycles. The van der Waals surface area contributed by atoms with Gasteiger partial charge in [-0.2, -0.15) is 5.26 Å². The largest absolute Gasteiger partial charge is 0.461 e. The van der Waals surface area contributed by atoms with Crippen molar-refractivity contribution in [3.05, 3.63) is 46.8 Å². The Kier molecular flexibility index (Phi) is 5.78. The Morgan fingerprint density at radius 3 is 2.46 bits per heavy atom. The van der Waals surface area contributed by atoms with Crippen LogP contribution in [0.1, 0.15) is 41.2 Å². The summed E-state index contributed by atoms with van der Waals surface area (Å²) < 4.78 is 6.95. The minimum atomic E-state index is -0.425. The van der Waals surface area contributed by atoms with Gasteiger partial charge in [-0.25, -0.2) is 4.79 Å². The van der Waals surface area contributed by atoms with Gasteiger partial charge in [0.05, 0.1) is 12.2 Å². The summed E-state index contributed by atoms with van der Waals surface area (Å²) in [6.45, 7) is 4.08. The summed E-state index contributed by atoms with van der Waals surface area (Å²) in [4.78, 5) is 12.4. The Balaban J connectivity index is 2.66. The molecule has 0 atom stereocenters. The summed E-state index contributed by atoms with van der Waals surface area (Å²) in [5.41, 5.74) is 4.15. The van der Waals surface area contributed by atoms with Gasteiger partial charge in [-0.05, 0) is 30.9 Å². The topological polar surface area (TPSA) is 75.2 Å². The number of nitrogens with zero attached hydrogens (tertiary/aromatic N) is 2. The molecular weight excluding hydrogens is 304 g/mol. The van der Waals surface area contributed by atoms with E-state index in [1.54, 1.807) is 18.5 Å². The first-order valence-corrected chi connectivity index (χ1v) is 8.07. The lowest BCUT2D eigenvalue weighted by Gasteiger charge is -2.08. The zero-order valence-electron chi connectivity index (χ0n) is 14.3. The first-order chi connectivity index (χ1) is 11.6. The number of esters is 1. The van der Waals surface area contributed by atoms with Gasteiger partial charge in [0.25, 0.3) is 0 Å². The molecule has 0 saturated heterocycles. The molecule has 0 unspecified atom stereocenters. The van der Waals surface area contributed by atoms with E-state index in [4.69, 9.17) is 9.84 Å². The summed E-state index contributed by atoms with van der Waals surface area (Å²) in [5.74, 6) is -0.425. The smallest absolute Gasteiger partial charge is 0.355 e. The minimum Gasteiger partial charge on any atom is -0.461 e. The molecule has 5 nitrogen and oxygen atoms in total. The highest BCUT2D eigenvalue weighted by Crippen LogP contribution is 2.33. The van der Waals surface area contributed by atoms with E-state index in [9.17, 15) is 10.1 Å². The summed E-state index contributed by atoms with van der Waals surface area (Å²) in [5, 5.41) is 18.7. The number of benzene rings is 1. The van der Waals surface area contributed by atoms with Crippen molar-refractivity contribution in [2.45, 2.75) is 26.7 Å². The fourth-order valence-electron chi connectivity index (χ4n) is 2.95. The highest BCUT2D eigenvalue weighted by Gasteiger charge is 2.26. The standard InChI is InChI=1S/C19H22N2O3/c1-4-16-15(12-20)17(18(21(16)3)19(23)24-5-2)14-8-6-13(7-9-14)10-11-22/h6-9,22H,4-5,10-11H2,1-3H3. The van der Waals surface area contributed by atoms with Crippen LogP contribution in [0.3, 0.4) is 0 Å². The van der Waals surface area contributed by atoms with Gasteiger partial charge in [-0.3, -0.25) is 0 Å². The quantitative estimate of drug-likeness (QED) is 0.828. The molecule has 0 bridgehead atoms. The van der Waals surface area contributed by atoms with Crippen LogP contribution in [0.2, 0.25) is 0 Å². The van der Waals surface area contributed by atoms with Crippen molar-refractivity contribution >= 4 is 5.97 Å². The van der Waals surface area contributed by atoms with Crippen molar-refractivity contribution in [2.75, 3.05) is 13.2 Å². The molecule has 1 N–H and O–H groups in total. The minimum absolute atomic E-state index is 0.0855. The predicted octanol–water partition coefficient (Wildman–Crippen LogP) is 2.84. The van der Waals surface area contributed by atoms with Crippen molar-refractivity contribution in [1.82, 2.24) is 4.57 Å². The lowest BCUT2D eigenvalue weighted by atomic mass is 9.98. The molecule has 0 saturated carbocycles. The van der Waals surface area contributed by atoms with Crippen molar-refractivity contribution in [2.24, 2.45) is 7.05 Å². The second-order valence-electron chi connectivity index (χ2n) is 5.46. The Bertz CT molecular complexity index is 767. The molecule has 1 aromatic carbocycles. The third-order valence-electron chi connectivity index (χ3n) is 4.07. The first kappa shape index (κ1) is 17.8. The number of carbonyl (C=O) groups excluding carboxylic acids is 1. The molecule has 2 rings (SSSR count). The summed E-state index contributed by atoms with van der Waals surface area (Å²) >= 11 is 0. The molecule has 24 heavy (non-hydrogen) atoms.